The number of alkyl halides is 3. The first-order chi connectivity index (χ1) is 11.2. The summed E-state index contributed by atoms with van der Waals surface area (Å²) in [6, 6.07) is 3.53. The van der Waals surface area contributed by atoms with Crippen LogP contribution in [0.2, 0.25) is 0 Å². The number of nitrogens with zero attached hydrogens (tertiary/aromatic N) is 5. The summed E-state index contributed by atoms with van der Waals surface area (Å²) in [6.45, 7) is 3.84. The van der Waals surface area contributed by atoms with Gasteiger partial charge in [-0.1, -0.05) is 0 Å². The highest BCUT2D eigenvalue weighted by molar-refractivity contribution is 9.10. The number of aromatic nitrogens is 4. The van der Waals surface area contributed by atoms with Crippen molar-refractivity contribution in [3.63, 3.8) is 0 Å². The fraction of sp³-hybridized carbons (Fsp3) is 0.357. The van der Waals surface area contributed by atoms with Crippen LogP contribution in [0.3, 0.4) is 0 Å². The second kappa shape index (κ2) is 5.76. The number of furan rings is 1. The van der Waals surface area contributed by atoms with E-state index in [4.69, 9.17) is 4.42 Å². The van der Waals surface area contributed by atoms with Crippen molar-refractivity contribution in [1.29, 1.82) is 0 Å². The van der Waals surface area contributed by atoms with E-state index in [0.29, 0.717) is 28.4 Å². The number of halogens is 4. The average Bonchev–Trinajstić information content (AvgIpc) is 3.08. The van der Waals surface area contributed by atoms with Crippen LogP contribution < -0.4 is 4.90 Å². The summed E-state index contributed by atoms with van der Waals surface area (Å²) in [5.41, 5.74) is 1.42. The third-order valence-corrected chi connectivity index (χ3v) is 4.13. The van der Waals surface area contributed by atoms with Crippen LogP contribution in [0, 0.1) is 13.8 Å². The summed E-state index contributed by atoms with van der Waals surface area (Å²) < 4.78 is 46.0. The van der Waals surface area contributed by atoms with Crippen LogP contribution in [0.4, 0.5) is 19.0 Å². The molecule has 0 aliphatic heterocycles. The molecule has 3 aromatic rings. The van der Waals surface area contributed by atoms with Gasteiger partial charge in [-0.2, -0.15) is 17.7 Å². The second-order valence-electron chi connectivity index (χ2n) is 5.39. The zero-order chi connectivity index (χ0) is 17.6. The predicted molar refractivity (Wildman–Crippen MR) is 83.8 cm³/mol. The van der Waals surface area contributed by atoms with Gasteiger partial charge in [-0.3, -0.25) is 0 Å². The molecule has 0 bridgehead atoms. The minimum atomic E-state index is -4.63. The largest absolute Gasteiger partial charge is 0.453 e. The van der Waals surface area contributed by atoms with Crippen molar-refractivity contribution in [2.45, 2.75) is 26.6 Å². The summed E-state index contributed by atoms with van der Waals surface area (Å²) in [7, 11) is 1.73. The Morgan fingerprint density at radius 2 is 1.92 bits per heavy atom. The monoisotopic (exact) mass is 403 g/mol. The average molecular weight is 404 g/mol. The van der Waals surface area contributed by atoms with E-state index in [1.54, 1.807) is 37.9 Å². The Bertz CT molecular complexity index is 902. The molecule has 0 N–H and O–H groups in total. The molecule has 0 atom stereocenters. The van der Waals surface area contributed by atoms with Gasteiger partial charge in [-0.25, -0.2) is 0 Å². The zero-order valence-electron chi connectivity index (χ0n) is 13.0. The van der Waals surface area contributed by atoms with Gasteiger partial charge in [0.2, 0.25) is 0 Å². The highest BCUT2D eigenvalue weighted by Crippen LogP contribution is 2.30. The number of rotatable bonds is 3. The molecule has 0 aliphatic rings. The van der Waals surface area contributed by atoms with Crippen LogP contribution in [0.1, 0.15) is 22.7 Å². The van der Waals surface area contributed by atoms with E-state index in [1.165, 1.54) is 0 Å². The Morgan fingerprint density at radius 3 is 2.50 bits per heavy atom. The zero-order valence-corrected chi connectivity index (χ0v) is 14.6. The van der Waals surface area contributed by atoms with Crippen molar-refractivity contribution in [2.24, 2.45) is 0 Å². The number of anilines is 1. The lowest BCUT2D eigenvalue weighted by Crippen LogP contribution is -2.22. The quantitative estimate of drug-likeness (QED) is 0.666. The molecule has 10 heteroatoms. The number of hydrogen-bond acceptors (Lipinski definition) is 5. The normalized spacial score (nSPS) is 12.1. The molecular weight excluding hydrogens is 391 g/mol. The molecule has 0 saturated carbocycles. The van der Waals surface area contributed by atoms with Gasteiger partial charge >= 0.3 is 6.18 Å². The summed E-state index contributed by atoms with van der Waals surface area (Å²) in [6.07, 6.45) is -4.63. The topological polar surface area (TPSA) is 59.5 Å². The van der Waals surface area contributed by atoms with Crippen LogP contribution in [0.5, 0.6) is 0 Å². The van der Waals surface area contributed by atoms with Crippen molar-refractivity contribution >= 4 is 27.4 Å². The van der Waals surface area contributed by atoms with E-state index < -0.39 is 12.0 Å². The minimum Gasteiger partial charge on any atom is -0.452 e. The number of hydrogen-bond donors (Lipinski definition) is 0. The number of aryl methyl sites for hydroxylation is 1. The Hall–Kier alpha value is -2.10. The smallest absolute Gasteiger partial charge is 0.452 e. The standard InChI is InChI=1S/C14H13BrF3N5O/c1-7-8(2)12(22(3)6-9-4-5-10(15)24-9)21-23-11(7)19-20-13(23)14(16,17)18/h4-5H,6H2,1-3H3. The molecule has 0 aliphatic carbocycles. The van der Waals surface area contributed by atoms with E-state index in [0.717, 1.165) is 10.1 Å². The van der Waals surface area contributed by atoms with E-state index in [1.807, 2.05) is 0 Å². The van der Waals surface area contributed by atoms with Crippen molar-refractivity contribution in [1.82, 2.24) is 19.8 Å². The van der Waals surface area contributed by atoms with Gasteiger partial charge in [-0.15, -0.1) is 15.3 Å². The molecule has 24 heavy (non-hydrogen) atoms. The van der Waals surface area contributed by atoms with Crippen molar-refractivity contribution < 1.29 is 17.6 Å². The molecule has 3 rings (SSSR count). The first kappa shape index (κ1) is 16.7. The maximum Gasteiger partial charge on any atom is 0.453 e. The summed E-state index contributed by atoms with van der Waals surface area (Å²) >= 11 is 3.22. The van der Waals surface area contributed by atoms with Crippen molar-refractivity contribution in [3.8, 4) is 0 Å². The molecule has 3 heterocycles. The van der Waals surface area contributed by atoms with Gasteiger partial charge in [0.05, 0.1) is 6.54 Å². The van der Waals surface area contributed by atoms with Crippen LogP contribution >= 0.6 is 15.9 Å². The van der Waals surface area contributed by atoms with E-state index in [9.17, 15) is 13.2 Å². The van der Waals surface area contributed by atoms with Crippen LogP contribution in [-0.2, 0) is 12.7 Å². The Balaban J connectivity index is 2.08. The Labute approximate surface area is 143 Å². The summed E-state index contributed by atoms with van der Waals surface area (Å²) in [4.78, 5) is 1.72. The molecule has 0 aromatic carbocycles. The first-order valence-electron chi connectivity index (χ1n) is 6.93. The van der Waals surface area contributed by atoms with Gasteiger partial charge in [0.15, 0.2) is 16.1 Å². The maximum atomic E-state index is 13.1. The summed E-state index contributed by atoms with van der Waals surface area (Å²) in [5, 5.41) is 11.0. The van der Waals surface area contributed by atoms with E-state index in [2.05, 4.69) is 31.2 Å². The van der Waals surface area contributed by atoms with Gasteiger partial charge in [-0.05, 0) is 41.9 Å². The molecular formula is C14H13BrF3N5O. The van der Waals surface area contributed by atoms with Crippen LogP contribution in [0.15, 0.2) is 21.2 Å². The predicted octanol–water partition coefficient (Wildman–Crippen LogP) is 3.75. The first-order valence-corrected chi connectivity index (χ1v) is 7.73. The number of fused-ring (bicyclic) bond motifs is 1. The fourth-order valence-electron chi connectivity index (χ4n) is 2.40. The molecule has 0 spiro atoms. The molecule has 128 valence electrons. The molecule has 3 aromatic heterocycles. The molecule has 6 nitrogen and oxygen atoms in total. The van der Waals surface area contributed by atoms with E-state index in [-0.39, 0.29) is 5.65 Å². The maximum absolute atomic E-state index is 13.1. The SMILES string of the molecule is Cc1c(N(C)Cc2ccc(Br)o2)nn2c(C(F)(F)F)nnc2c1C. The lowest BCUT2D eigenvalue weighted by Gasteiger charge is -2.20. The van der Waals surface area contributed by atoms with Crippen LogP contribution in [0.25, 0.3) is 5.65 Å². The molecule has 0 amide bonds. The lowest BCUT2D eigenvalue weighted by atomic mass is 10.2. The lowest BCUT2D eigenvalue weighted by molar-refractivity contribution is -0.146. The highest BCUT2D eigenvalue weighted by Gasteiger charge is 2.38. The van der Waals surface area contributed by atoms with Gasteiger partial charge in [0.25, 0.3) is 5.82 Å². The highest BCUT2D eigenvalue weighted by atomic mass is 79.9. The van der Waals surface area contributed by atoms with Gasteiger partial charge in [0.1, 0.15) is 5.76 Å². The minimum absolute atomic E-state index is 0.0951. The third-order valence-electron chi connectivity index (χ3n) is 3.71. The van der Waals surface area contributed by atoms with E-state index >= 15 is 0 Å². The third kappa shape index (κ3) is 2.85. The molecule has 0 radical (unpaired) electrons. The Kier molecular flexibility index (Phi) is 4.02. The fourth-order valence-corrected chi connectivity index (χ4v) is 2.74. The Morgan fingerprint density at radius 1 is 1.21 bits per heavy atom. The molecule has 0 saturated heterocycles. The van der Waals surface area contributed by atoms with Gasteiger partial charge < -0.3 is 9.32 Å². The second-order valence-corrected chi connectivity index (χ2v) is 6.17. The van der Waals surface area contributed by atoms with Crippen molar-refractivity contribution in [3.05, 3.63) is 39.5 Å². The summed E-state index contributed by atoms with van der Waals surface area (Å²) in [5.74, 6) is -0.0862. The molecule has 0 fully saturated rings. The van der Waals surface area contributed by atoms with Crippen LogP contribution in [-0.4, -0.2) is 26.9 Å². The van der Waals surface area contributed by atoms with Gasteiger partial charge in [0, 0.05) is 18.2 Å². The van der Waals surface area contributed by atoms with Crippen molar-refractivity contribution in [2.75, 3.05) is 11.9 Å². The molecule has 0 unspecified atom stereocenters.